The number of hydrogen-bond acceptors (Lipinski definition) is 5. The van der Waals surface area contributed by atoms with E-state index in [0.29, 0.717) is 30.9 Å². The SMILES string of the molecule is C=CCN(CC=C)CCN1CCN(C(=O)Nc2ccc(C(=O)OCCCC)cc2)CC1. The monoisotopic (exact) mass is 428 g/mol. The Labute approximate surface area is 186 Å². The van der Waals surface area contributed by atoms with Gasteiger partial charge >= 0.3 is 12.0 Å². The van der Waals surface area contributed by atoms with Crippen molar-refractivity contribution in [3.05, 3.63) is 55.1 Å². The summed E-state index contributed by atoms with van der Waals surface area (Å²) in [7, 11) is 0. The molecule has 1 aliphatic heterocycles. The van der Waals surface area contributed by atoms with Crippen LogP contribution in [-0.4, -0.2) is 85.7 Å². The highest BCUT2D eigenvalue weighted by molar-refractivity contribution is 5.92. The number of nitrogens with zero attached hydrogens (tertiary/aromatic N) is 3. The first-order valence-corrected chi connectivity index (χ1v) is 11.1. The van der Waals surface area contributed by atoms with E-state index in [1.54, 1.807) is 24.3 Å². The van der Waals surface area contributed by atoms with Crippen molar-refractivity contribution in [1.29, 1.82) is 0 Å². The summed E-state index contributed by atoms with van der Waals surface area (Å²) in [5, 5.41) is 2.91. The van der Waals surface area contributed by atoms with Crippen molar-refractivity contribution in [2.45, 2.75) is 19.8 Å². The standard InChI is InChI=1S/C24H36N4O3/c1-4-7-20-31-23(29)21-8-10-22(11-9-21)25-24(30)28-18-16-27(17-19-28)15-14-26(12-5-2)13-6-3/h5-6,8-11H,2-4,7,12-20H2,1H3,(H,25,30). The number of hydrogen-bond donors (Lipinski definition) is 1. The van der Waals surface area contributed by atoms with Gasteiger partial charge in [0, 0.05) is 58.0 Å². The molecule has 0 atom stereocenters. The fraction of sp³-hybridized carbons (Fsp3) is 0.500. The van der Waals surface area contributed by atoms with Gasteiger partial charge in [0.05, 0.1) is 12.2 Å². The van der Waals surface area contributed by atoms with Gasteiger partial charge in [-0.2, -0.15) is 0 Å². The van der Waals surface area contributed by atoms with Crippen molar-refractivity contribution >= 4 is 17.7 Å². The van der Waals surface area contributed by atoms with Crippen LogP contribution in [0.15, 0.2) is 49.6 Å². The highest BCUT2D eigenvalue weighted by atomic mass is 16.5. The molecular formula is C24H36N4O3. The molecule has 1 aromatic rings. The van der Waals surface area contributed by atoms with Crippen LogP contribution in [0.5, 0.6) is 0 Å². The number of unbranched alkanes of at least 4 members (excludes halogenated alkanes) is 1. The van der Waals surface area contributed by atoms with Gasteiger partial charge in [-0.3, -0.25) is 9.80 Å². The maximum Gasteiger partial charge on any atom is 0.338 e. The summed E-state index contributed by atoms with van der Waals surface area (Å²) in [6.45, 7) is 16.8. The van der Waals surface area contributed by atoms with Crippen LogP contribution in [0.2, 0.25) is 0 Å². The zero-order chi connectivity index (χ0) is 22.5. The lowest BCUT2D eigenvalue weighted by atomic mass is 10.2. The molecule has 1 saturated heterocycles. The van der Waals surface area contributed by atoms with Gasteiger partial charge in [0.2, 0.25) is 0 Å². The number of rotatable bonds is 12. The number of ether oxygens (including phenoxy) is 1. The average molecular weight is 429 g/mol. The van der Waals surface area contributed by atoms with E-state index >= 15 is 0 Å². The smallest absolute Gasteiger partial charge is 0.338 e. The van der Waals surface area contributed by atoms with E-state index in [9.17, 15) is 9.59 Å². The molecule has 2 rings (SSSR count). The molecule has 0 radical (unpaired) electrons. The van der Waals surface area contributed by atoms with Gasteiger partial charge < -0.3 is 15.0 Å². The number of anilines is 1. The topological polar surface area (TPSA) is 65.1 Å². The summed E-state index contributed by atoms with van der Waals surface area (Å²) in [6.07, 6.45) is 5.66. The van der Waals surface area contributed by atoms with Crippen LogP contribution in [0.3, 0.4) is 0 Å². The number of carbonyl (C=O) groups is 2. The van der Waals surface area contributed by atoms with Crippen molar-refractivity contribution in [3.8, 4) is 0 Å². The minimum atomic E-state index is -0.331. The molecule has 2 amide bonds. The van der Waals surface area contributed by atoms with E-state index in [4.69, 9.17) is 4.74 Å². The molecule has 0 aliphatic carbocycles. The predicted octanol–water partition coefficient (Wildman–Crippen LogP) is 3.47. The van der Waals surface area contributed by atoms with Crippen LogP contribution >= 0.6 is 0 Å². The Morgan fingerprint density at radius 2 is 1.74 bits per heavy atom. The minimum absolute atomic E-state index is 0.113. The predicted molar refractivity (Wildman–Crippen MR) is 125 cm³/mol. The lowest BCUT2D eigenvalue weighted by molar-refractivity contribution is 0.0500. The van der Waals surface area contributed by atoms with E-state index in [1.165, 1.54) is 0 Å². The van der Waals surface area contributed by atoms with Gasteiger partial charge in [-0.15, -0.1) is 13.2 Å². The van der Waals surface area contributed by atoms with Crippen LogP contribution < -0.4 is 5.32 Å². The number of amides is 2. The number of benzene rings is 1. The molecule has 7 heteroatoms. The normalized spacial score (nSPS) is 14.3. The quantitative estimate of drug-likeness (QED) is 0.314. The van der Waals surface area contributed by atoms with Crippen molar-refractivity contribution in [1.82, 2.24) is 14.7 Å². The molecule has 1 aromatic carbocycles. The third-order valence-electron chi connectivity index (χ3n) is 5.27. The second-order valence-corrected chi connectivity index (χ2v) is 7.66. The zero-order valence-corrected chi connectivity index (χ0v) is 18.7. The summed E-state index contributed by atoms with van der Waals surface area (Å²) in [5.41, 5.74) is 1.16. The molecule has 0 unspecified atom stereocenters. The Morgan fingerprint density at radius 1 is 1.10 bits per heavy atom. The second kappa shape index (κ2) is 13.6. The average Bonchev–Trinajstić information content (AvgIpc) is 2.78. The first-order valence-electron chi connectivity index (χ1n) is 11.1. The molecule has 1 aliphatic rings. The van der Waals surface area contributed by atoms with Crippen molar-refractivity contribution < 1.29 is 14.3 Å². The largest absolute Gasteiger partial charge is 0.462 e. The van der Waals surface area contributed by atoms with Crippen molar-refractivity contribution in [2.75, 3.05) is 64.3 Å². The van der Waals surface area contributed by atoms with Crippen molar-refractivity contribution in [3.63, 3.8) is 0 Å². The fourth-order valence-corrected chi connectivity index (χ4v) is 3.36. The highest BCUT2D eigenvalue weighted by Gasteiger charge is 2.21. The molecule has 1 fully saturated rings. The third kappa shape index (κ3) is 8.55. The van der Waals surface area contributed by atoms with E-state index in [1.807, 2.05) is 24.0 Å². The minimum Gasteiger partial charge on any atom is -0.462 e. The molecule has 1 heterocycles. The zero-order valence-electron chi connectivity index (χ0n) is 18.7. The van der Waals surface area contributed by atoms with E-state index in [-0.39, 0.29) is 12.0 Å². The van der Waals surface area contributed by atoms with Crippen LogP contribution in [0.1, 0.15) is 30.1 Å². The Bertz CT molecular complexity index is 702. The third-order valence-corrected chi connectivity index (χ3v) is 5.27. The molecule has 0 spiro atoms. The highest BCUT2D eigenvalue weighted by Crippen LogP contribution is 2.13. The molecule has 0 saturated carbocycles. The van der Waals surface area contributed by atoms with Gasteiger partial charge in [-0.05, 0) is 30.7 Å². The number of carbonyl (C=O) groups excluding carboxylic acids is 2. The lowest BCUT2D eigenvalue weighted by Crippen LogP contribution is -2.51. The first kappa shape index (κ1) is 24.6. The maximum atomic E-state index is 12.6. The Morgan fingerprint density at radius 3 is 2.32 bits per heavy atom. The van der Waals surface area contributed by atoms with Crippen LogP contribution in [0.25, 0.3) is 0 Å². The van der Waals surface area contributed by atoms with Gasteiger partial charge in [0.25, 0.3) is 0 Å². The molecule has 170 valence electrons. The second-order valence-electron chi connectivity index (χ2n) is 7.66. The summed E-state index contributed by atoms with van der Waals surface area (Å²) in [6, 6.07) is 6.72. The van der Waals surface area contributed by atoms with E-state index in [2.05, 4.69) is 28.3 Å². The van der Waals surface area contributed by atoms with E-state index in [0.717, 1.165) is 52.1 Å². The summed E-state index contributed by atoms with van der Waals surface area (Å²) in [5.74, 6) is -0.331. The summed E-state index contributed by atoms with van der Waals surface area (Å²) in [4.78, 5) is 31.0. The van der Waals surface area contributed by atoms with Gasteiger partial charge in [-0.1, -0.05) is 25.5 Å². The van der Waals surface area contributed by atoms with Crippen LogP contribution in [0.4, 0.5) is 10.5 Å². The number of nitrogens with one attached hydrogen (secondary N) is 1. The van der Waals surface area contributed by atoms with Gasteiger partial charge in [-0.25, -0.2) is 9.59 Å². The Balaban J connectivity index is 1.74. The summed E-state index contributed by atoms with van der Waals surface area (Å²) < 4.78 is 5.20. The first-order chi connectivity index (χ1) is 15.1. The van der Waals surface area contributed by atoms with Gasteiger partial charge in [0.1, 0.15) is 0 Å². The van der Waals surface area contributed by atoms with Gasteiger partial charge in [0.15, 0.2) is 0 Å². The number of piperazine rings is 1. The maximum absolute atomic E-state index is 12.6. The van der Waals surface area contributed by atoms with Crippen molar-refractivity contribution in [2.24, 2.45) is 0 Å². The molecule has 31 heavy (non-hydrogen) atoms. The Hall–Kier alpha value is -2.64. The van der Waals surface area contributed by atoms with E-state index < -0.39 is 0 Å². The number of urea groups is 1. The lowest BCUT2D eigenvalue weighted by Gasteiger charge is -2.35. The molecular weight excluding hydrogens is 392 g/mol. The molecule has 0 bridgehead atoms. The fourth-order valence-electron chi connectivity index (χ4n) is 3.36. The summed E-state index contributed by atoms with van der Waals surface area (Å²) >= 11 is 0. The molecule has 7 nitrogen and oxygen atoms in total. The Kier molecular flexibility index (Phi) is 10.8. The molecule has 0 aromatic heterocycles. The van der Waals surface area contributed by atoms with Crippen LogP contribution in [0, 0.1) is 0 Å². The van der Waals surface area contributed by atoms with Crippen LogP contribution in [-0.2, 0) is 4.74 Å². The number of esters is 1. The molecule has 1 N–H and O–H groups in total.